The zero-order chi connectivity index (χ0) is 9.03. The quantitative estimate of drug-likeness (QED) is 0.753. The summed E-state index contributed by atoms with van der Waals surface area (Å²) in [6, 6.07) is 8.88. The van der Waals surface area contributed by atoms with Crippen LogP contribution in [0.25, 0.3) is 0 Å². The first-order valence-corrected chi connectivity index (χ1v) is 5.02. The lowest BCUT2D eigenvalue weighted by atomic mass is 10.2. The molecule has 0 aliphatic rings. The molecule has 0 atom stereocenters. The Kier molecular flexibility index (Phi) is 2.83. The minimum Gasteiger partial charge on any atom is -0.218 e. The first-order chi connectivity index (χ1) is 5.64. The second-order valence-electron chi connectivity index (χ2n) is 2.28. The Morgan fingerprint density at radius 2 is 1.83 bits per heavy atom. The molecule has 12 heavy (non-hydrogen) atoms. The van der Waals surface area contributed by atoms with E-state index in [1.54, 1.807) is 24.3 Å². The second-order valence-corrected chi connectivity index (χ2v) is 4.01. The molecule has 0 amide bonds. The van der Waals surface area contributed by atoms with Crippen molar-refractivity contribution < 1.29 is 8.42 Å². The standard InChI is InChI=1S/C8H10NO2S/c1-9-12(10,11)7-8-5-3-2-4-6-8/h2-7,9H,1H3. The number of nitrogens with one attached hydrogen (secondary N) is 1. The number of hydrogen-bond donors (Lipinski definition) is 1. The molecule has 1 radical (unpaired) electrons. The van der Waals surface area contributed by atoms with Gasteiger partial charge in [0, 0.05) is 0 Å². The maximum Gasteiger partial charge on any atom is 0.220 e. The molecule has 3 nitrogen and oxygen atoms in total. The monoisotopic (exact) mass is 184 g/mol. The molecule has 1 aromatic rings. The summed E-state index contributed by atoms with van der Waals surface area (Å²) in [7, 11) is -1.86. The molecule has 0 aromatic heterocycles. The molecule has 1 rings (SSSR count). The van der Waals surface area contributed by atoms with Gasteiger partial charge in [-0.2, -0.15) is 0 Å². The van der Waals surface area contributed by atoms with E-state index in [4.69, 9.17) is 0 Å². The second kappa shape index (κ2) is 3.69. The summed E-state index contributed by atoms with van der Waals surface area (Å²) in [4.78, 5) is 0. The highest BCUT2D eigenvalue weighted by Gasteiger charge is 2.07. The van der Waals surface area contributed by atoms with E-state index >= 15 is 0 Å². The van der Waals surface area contributed by atoms with E-state index in [1.807, 2.05) is 6.07 Å². The third-order valence-electron chi connectivity index (χ3n) is 1.38. The zero-order valence-corrected chi connectivity index (χ0v) is 7.51. The Balaban J connectivity index is 2.78. The fourth-order valence-electron chi connectivity index (χ4n) is 0.770. The van der Waals surface area contributed by atoms with Crippen molar-refractivity contribution in [2.45, 2.75) is 0 Å². The number of sulfonamides is 1. The topological polar surface area (TPSA) is 46.2 Å². The number of benzene rings is 1. The van der Waals surface area contributed by atoms with Crippen molar-refractivity contribution in [1.82, 2.24) is 4.72 Å². The van der Waals surface area contributed by atoms with E-state index in [-0.39, 0.29) is 0 Å². The highest BCUT2D eigenvalue weighted by Crippen LogP contribution is 2.05. The van der Waals surface area contributed by atoms with E-state index in [0.29, 0.717) is 5.56 Å². The van der Waals surface area contributed by atoms with Crippen LogP contribution >= 0.6 is 0 Å². The summed E-state index contributed by atoms with van der Waals surface area (Å²) in [6.45, 7) is 0. The van der Waals surface area contributed by atoms with Gasteiger partial charge in [-0.3, -0.25) is 0 Å². The summed E-state index contributed by atoms with van der Waals surface area (Å²) in [5.74, 6) is 1.19. The molecule has 1 N–H and O–H groups in total. The number of rotatable bonds is 3. The summed E-state index contributed by atoms with van der Waals surface area (Å²) < 4.78 is 24.2. The van der Waals surface area contributed by atoms with Crippen LogP contribution in [0.5, 0.6) is 0 Å². The molecular formula is C8H10NO2S. The van der Waals surface area contributed by atoms with Crippen LogP contribution in [-0.2, 0) is 10.0 Å². The number of hydrogen-bond acceptors (Lipinski definition) is 2. The lowest BCUT2D eigenvalue weighted by Crippen LogP contribution is -2.18. The van der Waals surface area contributed by atoms with E-state index in [2.05, 4.69) is 4.72 Å². The Morgan fingerprint density at radius 3 is 2.33 bits per heavy atom. The first kappa shape index (κ1) is 9.22. The SMILES string of the molecule is CNS(=O)(=O)[CH]c1ccccc1. The maximum atomic E-state index is 11.0. The van der Waals surface area contributed by atoms with Gasteiger partial charge in [-0.1, -0.05) is 30.3 Å². The average molecular weight is 184 g/mol. The molecule has 0 unspecified atom stereocenters. The highest BCUT2D eigenvalue weighted by atomic mass is 32.2. The van der Waals surface area contributed by atoms with Crippen LogP contribution < -0.4 is 4.72 Å². The van der Waals surface area contributed by atoms with Gasteiger partial charge in [0.1, 0.15) is 5.75 Å². The van der Waals surface area contributed by atoms with Crippen molar-refractivity contribution in [3.05, 3.63) is 41.6 Å². The van der Waals surface area contributed by atoms with Gasteiger partial charge in [-0.25, -0.2) is 13.1 Å². The molecule has 0 aliphatic carbocycles. The van der Waals surface area contributed by atoms with Crippen molar-refractivity contribution in [3.63, 3.8) is 0 Å². The van der Waals surface area contributed by atoms with Crippen LogP contribution in [0.1, 0.15) is 5.56 Å². The lowest BCUT2D eigenvalue weighted by molar-refractivity contribution is 0.595. The molecule has 0 saturated carbocycles. The Hall–Kier alpha value is -0.870. The van der Waals surface area contributed by atoms with E-state index in [0.717, 1.165) is 0 Å². The van der Waals surface area contributed by atoms with Gasteiger partial charge < -0.3 is 0 Å². The third kappa shape index (κ3) is 2.64. The van der Waals surface area contributed by atoms with E-state index < -0.39 is 10.0 Å². The molecule has 65 valence electrons. The van der Waals surface area contributed by atoms with Gasteiger partial charge in [-0.05, 0) is 12.6 Å². The minimum absolute atomic E-state index is 0.673. The first-order valence-electron chi connectivity index (χ1n) is 3.47. The third-order valence-corrected chi connectivity index (χ3v) is 2.53. The molecule has 4 heteroatoms. The zero-order valence-electron chi connectivity index (χ0n) is 6.69. The van der Waals surface area contributed by atoms with Gasteiger partial charge in [0.2, 0.25) is 10.0 Å². The van der Waals surface area contributed by atoms with Crippen molar-refractivity contribution in [2.75, 3.05) is 7.05 Å². The normalized spacial score (nSPS) is 11.4. The van der Waals surface area contributed by atoms with Crippen molar-refractivity contribution in [3.8, 4) is 0 Å². The van der Waals surface area contributed by atoms with Crippen LogP contribution in [-0.4, -0.2) is 15.5 Å². The molecular weight excluding hydrogens is 174 g/mol. The summed E-state index contributed by atoms with van der Waals surface area (Å²) in [5.41, 5.74) is 0.673. The highest BCUT2D eigenvalue weighted by molar-refractivity contribution is 7.91. The predicted octanol–water partition coefficient (Wildman–Crippen LogP) is 0.746. The van der Waals surface area contributed by atoms with Crippen molar-refractivity contribution in [2.24, 2.45) is 0 Å². The summed E-state index contributed by atoms with van der Waals surface area (Å²) in [5, 5.41) is 0. The fraction of sp³-hybridized carbons (Fsp3) is 0.125. The Labute approximate surface area is 72.5 Å². The predicted molar refractivity (Wildman–Crippen MR) is 47.8 cm³/mol. The van der Waals surface area contributed by atoms with Gasteiger partial charge >= 0.3 is 0 Å². The molecule has 1 aromatic carbocycles. The average Bonchev–Trinajstić information content (AvgIpc) is 2.06. The van der Waals surface area contributed by atoms with Crippen LogP contribution in [0.4, 0.5) is 0 Å². The molecule has 0 spiro atoms. The van der Waals surface area contributed by atoms with E-state index in [1.165, 1.54) is 12.8 Å². The van der Waals surface area contributed by atoms with Gasteiger partial charge in [0.05, 0.1) is 0 Å². The van der Waals surface area contributed by atoms with Gasteiger partial charge in [0.15, 0.2) is 0 Å². The minimum atomic E-state index is -3.25. The van der Waals surface area contributed by atoms with Gasteiger partial charge in [0.25, 0.3) is 0 Å². The molecule has 0 fully saturated rings. The fourth-order valence-corrected chi connectivity index (χ4v) is 1.40. The summed E-state index contributed by atoms with van der Waals surface area (Å²) >= 11 is 0. The largest absolute Gasteiger partial charge is 0.220 e. The maximum absolute atomic E-state index is 11.0. The lowest BCUT2D eigenvalue weighted by Gasteiger charge is -2.00. The Bertz CT molecular complexity index is 331. The molecule has 0 saturated heterocycles. The molecule has 0 heterocycles. The van der Waals surface area contributed by atoms with Crippen LogP contribution in [0, 0.1) is 5.75 Å². The van der Waals surface area contributed by atoms with Gasteiger partial charge in [-0.15, -0.1) is 0 Å². The van der Waals surface area contributed by atoms with Crippen molar-refractivity contribution >= 4 is 10.0 Å². The molecule has 0 aliphatic heterocycles. The molecule has 0 bridgehead atoms. The van der Waals surface area contributed by atoms with Crippen LogP contribution in [0.3, 0.4) is 0 Å². The van der Waals surface area contributed by atoms with E-state index in [9.17, 15) is 8.42 Å². The smallest absolute Gasteiger partial charge is 0.218 e. The van der Waals surface area contributed by atoms with Crippen LogP contribution in [0.15, 0.2) is 30.3 Å². The van der Waals surface area contributed by atoms with Crippen LogP contribution in [0.2, 0.25) is 0 Å². The Morgan fingerprint density at radius 1 is 1.25 bits per heavy atom. The van der Waals surface area contributed by atoms with Crippen molar-refractivity contribution in [1.29, 1.82) is 0 Å². The summed E-state index contributed by atoms with van der Waals surface area (Å²) in [6.07, 6.45) is 0.